The number of rotatable bonds is 1. The summed E-state index contributed by atoms with van der Waals surface area (Å²) in [7, 11) is 0. The monoisotopic (exact) mass is 220 g/mol. The van der Waals surface area contributed by atoms with Crippen LogP contribution in [0.15, 0.2) is 30.3 Å². The van der Waals surface area contributed by atoms with Crippen LogP contribution in [0.5, 0.6) is 0 Å². The zero-order valence-corrected chi connectivity index (χ0v) is 9.04. The van der Waals surface area contributed by atoms with Gasteiger partial charge < -0.3 is 9.84 Å². The Kier molecular flexibility index (Phi) is 2.24. The van der Waals surface area contributed by atoms with Crippen molar-refractivity contribution in [3.63, 3.8) is 0 Å². The molecular formula is C12H12O2S. The first-order valence-corrected chi connectivity index (χ1v) is 5.93. The van der Waals surface area contributed by atoms with E-state index in [1.165, 1.54) is 15.0 Å². The average Bonchev–Trinajstić information content (AvgIpc) is 2.82. The number of aliphatic hydroxyl groups excluding tert-OH is 1. The molecule has 0 aliphatic carbocycles. The van der Waals surface area contributed by atoms with Crippen LogP contribution in [0, 0.1) is 0 Å². The SMILES string of the molecule is OC1C[C@H](c2cc3ccccc3s2)CO1. The van der Waals surface area contributed by atoms with E-state index in [-0.39, 0.29) is 0 Å². The van der Waals surface area contributed by atoms with Gasteiger partial charge >= 0.3 is 0 Å². The molecule has 1 unspecified atom stereocenters. The molecule has 0 saturated carbocycles. The van der Waals surface area contributed by atoms with E-state index in [1.807, 2.05) is 0 Å². The lowest BCUT2D eigenvalue weighted by molar-refractivity contribution is -0.0589. The van der Waals surface area contributed by atoms with Gasteiger partial charge in [0.05, 0.1) is 6.61 Å². The molecule has 1 fully saturated rings. The predicted octanol–water partition coefficient (Wildman–Crippen LogP) is 2.72. The van der Waals surface area contributed by atoms with Gasteiger partial charge in [-0.3, -0.25) is 0 Å². The minimum absolute atomic E-state index is 0.373. The van der Waals surface area contributed by atoms with Crippen LogP contribution in [0.25, 0.3) is 10.1 Å². The van der Waals surface area contributed by atoms with E-state index < -0.39 is 6.29 Å². The first kappa shape index (κ1) is 9.33. The Morgan fingerprint density at radius 1 is 1.33 bits per heavy atom. The first-order valence-electron chi connectivity index (χ1n) is 5.11. The van der Waals surface area contributed by atoms with Crippen molar-refractivity contribution in [2.75, 3.05) is 6.61 Å². The van der Waals surface area contributed by atoms with Gasteiger partial charge in [-0.1, -0.05) is 18.2 Å². The van der Waals surface area contributed by atoms with Crippen molar-refractivity contribution in [1.82, 2.24) is 0 Å². The number of hydrogen-bond donors (Lipinski definition) is 1. The molecule has 0 spiro atoms. The summed E-state index contributed by atoms with van der Waals surface area (Å²) >= 11 is 1.81. The zero-order valence-electron chi connectivity index (χ0n) is 8.22. The molecule has 0 amide bonds. The lowest BCUT2D eigenvalue weighted by Gasteiger charge is -2.01. The van der Waals surface area contributed by atoms with Crippen molar-refractivity contribution in [3.8, 4) is 0 Å². The molecule has 2 aromatic rings. The molecule has 2 nitrogen and oxygen atoms in total. The standard InChI is InChI=1S/C12H12O2S/c13-12-6-9(7-14-12)11-5-8-3-1-2-4-10(8)15-11/h1-5,9,12-13H,6-7H2/t9-,12?/m0/s1. The maximum Gasteiger partial charge on any atom is 0.155 e. The van der Waals surface area contributed by atoms with Crippen LogP contribution < -0.4 is 0 Å². The highest BCUT2D eigenvalue weighted by atomic mass is 32.1. The van der Waals surface area contributed by atoms with Crippen LogP contribution in [0.3, 0.4) is 0 Å². The Balaban J connectivity index is 1.98. The molecule has 2 heterocycles. The van der Waals surface area contributed by atoms with Crippen molar-refractivity contribution in [2.24, 2.45) is 0 Å². The molecule has 3 heteroatoms. The van der Waals surface area contributed by atoms with Gasteiger partial charge in [-0.2, -0.15) is 0 Å². The van der Waals surface area contributed by atoms with E-state index in [4.69, 9.17) is 4.74 Å². The molecule has 0 bridgehead atoms. The molecule has 1 aromatic heterocycles. The molecule has 0 radical (unpaired) electrons. The Labute approximate surface area is 92.1 Å². The summed E-state index contributed by atoms with van der Waals surface area (Å²) in [4.78, 5) is 1.33. The summed E-state index contributed by atoms with van der Waals surface area (Å²) in [5.41, 5.74) is 0. The normalized spacial score (nSPS) is 26.2. The van der Waals surface area contributed by atoms with Gasteiger partial charge in [0, 0.05) is 21.9 Å². The van der Waals surface area contributed by atoms with Gasteiger partial charge in [0.25, 0.3) is 0 Å². The lowest BCUT2D eigenvalue weighted by Crippen LogP contribution is -2.00. The fourth-order valence-corrected chi connectivity index (χ4v) is 3.17. The molecular weight excluding hydrogens is 208 g/mol. The maximum atomic E-state index is 9.32. The Bertz CT molecular complexity index is 444. The molecule has 1 aliphatic heterocycles. The molecule has 2 atom stereocenters. The first-order chi connectivity index (χ1) is 7.33. The lowest BCUT2D eigenvalue weighted by atomic mass is 10.1. The second kappa shape index (κ2) is 3.59. The van der Waals surface area contributed by atoms with E-state index in [1.54, 1.807) is 11.3 Å². The van der Waals surface area contributed by atoms with Crippen molar-refractivity contribution in [2.45, 2.75) is 18.6 Å². The van der Waals surface area contributed by atoms with Gasteiger partial charge in [0.1, 0.15) is 0 Å². The average molecular weight is 220 g/mol. The number of aliphatic hydroxyl groups is 1. The fraction of sp³-hybridized carbons (Fsp3) is 0.333. The molecule has 1 aromatic carbocycles. The van der Waals surface area contributed by atoms with Gasteiger partial charge in [-0.05, 0) is 17.5 Å². The van der Waals surface area contributed by atoms with Gasteiger partial charge in [0.2, 0.25) is 0 Å². The number of benzene rings is 1. The third-order valence-corrected chi connectivity index (χ3v) is 4.10. The third kappa shape index (κ3) is 1.67. The van der Waals surface area contributed by atoms with E-state index >= 15 is 0 Å². The van der Waals surface area contributed by atoms with E-state index in [9.17, 15) is 5.11 Å². The van der Waals surface area contributed by atoms with Crippen LogP contribution in [0.1, 0.15) is 17.2 Å². The molecule has 78 valence electrons. The zero-order chi connectivity index (χ0) is 10.3. The van der Waals surface area contributed by atoms with Gasteiger partial charge in [0.15, 0.2) is 6.29 Å². The highest BCUT2D eigenvalue weighted by molar-refractivity contribution is 7.19. The third-order valence-electron chi connectivity index (χ3n) is 2.82. The Morgan fingerprint density at radius 3 is 2.93 bits per heavy atom. The van der Waals surface area contributed by atoms with Gasteiger partial charge in [-0.25, -0.2) is 0 Å². The quantitative estimate of drug-likeness (QED) is 0.800. The van der Waals surface area contributed by atoms with Crippen molar-refractivity contribution in [3.05, 3.63) is 35.2 Å². The van der Waals surface area contributed by atoms with Crippen LogP contribution in [-0.2, 0) is 4.74 Å². The van der Waals surface area contributed by atoms with Crippen molar-refractivity contribution >= 4 is 21.4 Å². The number of ether oxygens (including phenoxy) is 1. The summed E-state index contributed by atoms with van der Waals surface area (Å²) in [5, 5.41) is 10.6. The topological polar surface area (TPSA) is 29.5 Å². The second-order valence-corrected chi connectivity index (χ2v) is 5.02. The van der Waals surface area contributed by atoms with Crippen LogP contribution in [0.4, 0.5) is 0 Å². The fourth-order valence-electron chi connectivity index (χ4n) is 2.01. The van der Waals surface area contributed by atoms with Gasteiger partial charge in [-0.15, -0.1) is 11.3 Å². The van der Waals surface area contributed by atoms with Crippen LogP contribution in [-0.4, -0.2) is 18.0 Å². The molecule has 1 saturated heterocycles. The summed E-state index contributed by atoms with van der Waals surface area (Å²) in [5.74, 6) is 0.373. The summed E-state index contributed by atoms with van der Waals surface area (Å²) < 4.78 is 6.49. The van der Waals surface area contributed by atoms with Crippen molar-refractivity contribution in [1.29, 1.82) is 0 Å². The molecule has 15 heavy (non-hydrogen) atoms. The maximum absolute atomic E-state index is 9.32. The van der Waals surface area contributed by atoms with E-state index in [2.05, 4.69) is 30.3 Å². The minimum Gasteiger partial charge on any atom is -0.368 e. The Morgan fingerprint density at radius 2 is 2.20 bits per heavy atom. The molecule has 1 aliphatic rings. The highest BCUT2D eigenvalue weighted by Crippen LogP contribution is 2.36. The smallest absolute Gasteiger partial charge is 0.155 e. The van der Waals surface area contributed by atoms with Crippen LogP contribution in [0.2, 0.25) is 0 Å². The highest BCUT2D eigenvalue weighted by Gasteiger charge is 2.26. The second-order valence-electron chi connectivity index (χ2n) is 3.91. The van der Waals surface area contributed by atoms with Crippen molar-refractivity contribution < 1.29 is 9.84 Å². The Hall–Kier alpha value is -0.900. The minimum atomic E-state index is -0.569. The van der Waals surface area contributed by atoms with E-state index in [0.717, 1.165) is 6.42 Å². The number of hydrogen-bond acceptors (Lipinski definition) is 3. The number of thiophene rings is 1. The number of fused-ring (bicyclic) bond motifs is 1. The largest absolute Gasteiger partial charge is 0.368 e. The predicted molar refractivity (Wildman–Crippen MR) is 61.1 cm³/mol. The summed E-state index contributed by atoms with van der Waals surface area (Å²) in [6.45, 7) is 0.647. The summed E-state index contributed by atoms with van der Waals surface area (Å²) in [6, 6.07) is 10.6. The molecule has 3 rings (SSSR count). The molecule has 1 N–H and O–H groups in total. The summed E-state index contributed by atoms with van der Waals surface area (Å²) in [6.07, 6.45) is 0.160. The van der Waals surface area contributed by atoms with E-state index in [0.29, 0.717) is 12.5 Å². The van der Waals surface area contributed by atoms with Crippen LogP contribution >= 0.6 is 11.3 Å².